The van der Waals surface area contributed by atoms with Crippen LogP contribution in [-0.2, 0) is 6.54 Å². The minimum absolute atomic E-state index is 0.0749. The Morgan fingerprint density at radius 1 is 1.03 bits per heavy atom. The molecule has 0 bridgehead atoms. The molecule has 0 unspecified atom stereocenters. The molecular formula is C25H29N3O2. The predicted octanol–water partition coefficient (Wildman–Crippen LogP) is 4.19. The summed E-state index contributed by atoms with van der Waals surface area (Å²) in [5.41, 5.74) is 4.09. The van der Waals surface area contributed by atoms with E-state index in [0.29, 0.717) is 12.1 Å². The molecule has 0 spiro atoms. The van der Waals surface area contributed by atoms with E-state index in [2.05, 4.69) is 41.1 Å². The van der Waals surface area contributed by atoms with E-state index in [9.17, 15) is 9.90 Å². The Bertz CT molecular complexity index is 1050. The lowest BCUT2D eigenvalue weighted by atomic mass is 9.94. The number of hydrogen-bond donors (Lipinski definition) is 1. The minimum atomic E-state index is -0.256. The lowest BCUT2D eigenvalue weighted by Gasteiger charge is -2.35. The van der Waals surface area contributed by atoms with Crippen LogP contribution in [0, 0.1) is 13.8 Å². The van der Waals surface area contributed by atoms with Gasteiger partial charge in [-0.2, -0.15) is 0 Å². The first kappa shape index (κ1) is 20.4. The van der Waals surface area contributed by atoms with Gasteiger partial charge in [0.1, 0.15) is 5.75 Å². The fourth-order valence-electron chi connectivity index (χ4n) is 4.36. The first-order valence-corrected chi connectivity index (χ1v) is 10.7. The van der Waals surface area contributed by atoms with Gasteiger partial charge in [-0.25, -0.2) is 0 Å². The molecule has 0 saturated carbocycles. The highest BCUT2D eigenvalue weighted by Crippen LogP contribution is 2.34. The highest BCUT2D eigenvalue weighted by Gasteiger charge is 2.30. The van der Waals surface area contributed by atoms with Crippen LogP contribution in [0.5, 0.6) is 5.75 Å². The molecular weight excluding hydrogens is 374 g/mol. The average molecular weight is 404 g/mol. The van der Waals surface area contributed by atoms with Gasteiger partial charge in [0, 0.05) is 11.9 Å². The van der Waals surface area contributed by atoms with Gasteiger partial charge in [0.05, 0.1) is 23.8 Å². The lowest BCUT2D eigenvalue weighted by Crippen LogP contribution is -2.39. The van der Waals surface area contributed by atoms with E-state index in [-0.39, 0.29) is 17.4 Å². The standard InChI is InChI=1S/C25H29N3O2/c1-18-9-11-20(12-10-18)24(27-14-6-3-7-15-27)23-22(29)16-19(2)28(25(23)30)17-21-8-4-5-13-26-21/h4-5,8-13,16,24,29H,3,6-7,14-15,17H2,1-2H3/t24-/m0/s1. The van der Waals surface area contributed by atoms with Gasteiger partial charge >= 0.3 is 0 Å². The molecule has 1 fully saturated rings. The number of aromatic hydroxyl groups is 1. The Kier molecular flexibility index (Phi) is 6.00. The molecule has 156 valence electrons. The molecule has 30 heavy (non-hydrogen) atoms. The van der Waals surface area contributed by atoms with Gasteiger partial charge in [-0.15, -0.1) is 0 Å². The van der Waals surface area contributed by atoms with Gasteiger partial charge in [-0.1, -0.05) is 42.3 Å². The number of likely N-dealkylation sites (tertiary alicyclic amines) is 1. The summed E-state index contributed by atoms with van der Waals surface area (Å²) in [6.07, 6.45) is 5.16. The largest absolute Gasteiger partial charge is 0.507 e. The first-order chi connectivity index (χ1) is 14.5. The normalized spacial score (nSPS) is 15.8. The quantitative estimate of drug-likeness (QED) is 0.694. The molecule has 1 saturated heterocycles. The summed E-state index contributed by atoms with van der Waals surface area (Å²) in [5.74, 6) is 0.0749. The van der Waals surface area contributed by atoms with E-state index in [4.69, 9.17) is 0 Å². The van der Waals surface area contributed by atoms with Crippen LogP contribution in [0.1, 0.15) is 53.4 Å². The maximum absolute atomic E-state index is 13.7. The Labute approximate surface area is 177 Å². The highest BCUT2D eigenvalue weighted by atomic mass is 16.3. The summed E-state index contributed by atoms with van der Waals surface area (Å²) in [4.78, 5) is 20.4. The Hall–Kier alpha value is -2.92. The third-order valence-electron chi connectivity index (χ3n) is 5.99. The molecule has 1 aliphatic rings. The molecule has 2 aromatic heterocycles. The molecule has 0 aliphatic carbocycles. The van der Waals surface area contributed by atoms with E-state index in [1.165, 1.54) is 12.0 Å². The predicted molar refractivity (Wildman–Crippen MR) is 119 cm³/mol. The zero-order valence-corrected chi connectivity index (χ0v) is 17.7. The van der Waals surface area contributed by atoms with Crippen molar-refractivity contribution in [1.29, 1.82) is 0 Å². The third kappa shape index (κ3) is 4.17. The Balaban J connectivity index is 1.84. The van der Waals surface area contributed by atoms with Gasteiger partial charge in [-0.05, 0) is 63.5 Å². The fraction of sp³-hybridized carbons (Fsp3) is 0.360. The van der Waals surface area contributed by atoms with Gasteiger partial charge < -0.3 is 9.67 Å². The highest BCUT2D eigenvalue weighted by molar-refractivity contribution is 5.41. The summed E-state index contributed by atoms with van der Waals surface area (Å²) in [5, 5.41) is 10.9. The van der Waals surface area contributed by atoms with Crippen LogP contribution >= 0.6 is 0 Å². The van der Waals surface area contributed by atoms with E-state index in [1.54, 1.807) is 16.8 Å². The van der Waals surface area contributed by atoms with Crippen molar-refractivity contribution in [2.24, 2.45) is 0 Å². The van der Waals surface area contributed by atoms with Crippen LogP contribution in [0.3, 0.4) is 0 Å². The molecule has 0 amide bonds. The molecule has 1 aromatic carbocycles. The van der Waals surface area contributed by atoms with Crippen molar-refractivity contribution in [3.63, 3.8) is 0 Å². The Morgan fingerprint density at radius 2 is 1.77 bits per heavy atom. The summed E-state index contributed by atoms with van der Waals surface area (Å²) in [7, 11) is 0. The summed E-state index contributed by atoms with van der Waals surface area (Å²) >= 11 is 0. The van der Waals surface area contributed by atoms with Crippen molar-refractivity contribution in [2.75, 3.05) is 13.1 Å². The second kappa shape index (κ2) is 8.84. The minimum Gasteiger partial charge on any atom is -0.507 e. The van der Waals surface area contributed by atoms with Crippen molar-refractivity contribution in [2.45, 2.75) is 45.7 Å². The second-order valence-corrected chi connectivity index (χ2v) is 8.21. The number of rotatable bonds is 5. The van der Waals surface area contributed by atoms with Crippen molar-refractivity contribution >= 4 is 0 Å². The molecule has 0 radical (unpaired) electrons. The molecule has 3 aromatic rings. The molecule has 5 nitrogen and oxygen atoms in total. The lowest BCUT2D eigenvalue weighted by molar-refractivity contribution is 0.183. The van der Waals surface area contributed by atoms with Crippen LogP contribution in [0.2, 0.25) is 0 Å². The van der Waals surface area contributed by atoms with E-state index < -0.39 is 0 Å². The molecule has 5 heteroatoms. The van der Waals surface area contributed by atoms with Crippen molar-refractivity contribution in [3.05, 3.63) is 93.2 Å². The number of pyridine rings is 2. The Morgan fingerprint density at radius 3 is 2.43 bits per heavy atom. The monoisotopic (exact) mass is 403 g/mol. The van der Waals surface area contributed by atoms with Crippen molar-refractivity contribution < 1.29 is 5.11 Å². The topological polar surface area (TPSA) is 58.4 Å². The van der Waals surface area contributed by atoms with Gasteiger partial charge in [-0.3, -0.25) is 14.7 Å². The van der Waals surface area contributed by atoms with Gasteiger partial charge in [0.2, 0.25) is 0 Å². The summed E-state index contributed by atoms with van der Waals surface area (Å²) in [6.45, 7) is 6.15. The van der Waals surface area contributed by atoms with E-state index >= 15 is 0 Å². The molecule has 4 rings (SSSR count). The van der Waals surface area contributed by atoms with Crippen molar-refractivity contribution in [3.8, 4) is 5.75 Å². The van der Waals surface area contributed by atoms with Crippen molar-refractivity contribution in [1.82, 2.24) is 14.5 Å². The van der Waals surface area contributed by atoms with Crippen LogP contribution in [0.25, 0.3) is 0 Å². The molecule has 1 atom stereocenters. The fourth-order valence-corrected chi connectivity index (χ4v) is 4.36. The van der Waals surface area contributed by atoms with Crippen LogP contribution < -0.4 is 5.56 Å². The summed E-state index contributed by atoms with van der Waals surface area (Å²) in [6, 6.07) is 15.5. The average Bonchev–Trinajstić information content (AvgIpc) is 2.76. The maximum Gasteiger partial charge on any atom is 0.260 e. The smallest absolute Gasteiger partial charge is 0.260 e. The van der Waals surface area contributed by atoms with Gasteiger partial charge in [0.15, 0.2) is 0 Å². The van der Waals surface area contributed by atoms with Crippen LogP contribution in [0.15, 0.2) is 59.5 Å². The number of aromatic nitrogens is 2. The zero-order valence-electron chi connectivity index (χ0n) is 17.7. The van der Waals surface area contributed by atoms with E-state index in [1.807, 2.05) is 25.1 Å². The number of nitrogens with zero attached hydrogens (tertiary/aromatic N) is 3. The van der Waals surface area contributed by atoms with Crippen LogP contribution in [-0.4, -0.2) is 32.6 Å². The third-order valence-corrected chi connectivity index (χ3v) is 5.99. The maximum atomic E-state index is 13.7. The number of aryl methyl sites for hydroxylation is 2. The first-order valence-electron chi connectivity index (χ1n) is 10.7. The molecule has 3 heterocycles. The number of piperidine rings is 1. The zero-order chi connectivity index (χ0) is 21.1. The summed E-state index contributed by atoms with van der Waals surface area (Å²) < 4.78 is 1.72. The molecule has 1 N–H and O–H groups in total. The number of benzene rings is 1. The number of hydrogen-bond acceptors (Lipinski definition) is 4. The molecule has 1 aliphatic heterocycles. The van der Waals surface area contributed by atoms with Gasteiger partial charge in [0.25, 0.3) is 5.56 Å². The van der Waals surface area contributed by atoms with Crippen LogP contribution in [0.4, 0.5) is 0 Å². The second-order valence-electron chi connectivity index (χ2n) is 8.21. The SMILES string of the molecule is Cc1ccc([C@@H](c2c(O)cc(C)n(Cc3ccccn3)c2=O)N2CCCCC2)cc1. The van der Waals surface area contributed by atoms with E-state index in [0.717, 1.165) is 42.9 Å².